The fraction of sp³-hybridized carbons (Fsp3) is 0.500. The van der Waals surface area contributed by atoms with Gasteiger partial charge in [-0.15, -0.1) is 0 Å². The summed E-state index contributed by atoms with van der Waals surface area (Å²) in [5.41, 5.74) is 6.70. The van der Waals surface area contributed by atoms with Crippen LogP contribution in [0.2, 0.25) is 0 Å². The van der Waals surface area contributed by atoms with Crippen LogP contribution in [0, 0.1) is 0 Å². The van der Waals surface area contributed by atoms with Crippen molar-refractivity contribution >= 4 is 5.82 Å². The Labute approximate surface area is 77.6 Å². The molecule has 1 aliphatic carbocycles. The van der Waals surface area contributed by atoms with Gasteiger partial charge in [-0.2, -0.15) is 0 Å². The zero-order valence-corrected chi connectivity index (χ0v) is 7.48. The van der Waals surface area contributed by atoms with Gasteiger partial charge in [0.1, 0.15) is 5.82 Å². The van der Waals surface area contributed by atoms with Gasteiger partial charge in [0, 0.05) is 12.1 Å². The Morgan fingerprint density at radius 1 is 1.46 bits per heavy atom. The molecule has 1 saturated carbocycles. The third-order valence-corrected chi connectivity index (χ3v) is 2.71. The Morgan fingerprint density at radius 2 is 2.31 bits per heavy atom. The van der Waals surface area contributed by atoms with E-state index in [0.29, 0.717) is 5.82 Å². The topological polar surface area (TPSA) is 59.1 Å². The molecule has 1 aromatic rings. The summed E-state index contributed by atoms with van der Waals surface area (Å²) in [5.74, 6) is 0.807. The van der Waals surface area contributed by atoms with Crippen molar-refractivity contribution in [1.29, 1.82) is 0 Å². The predicted molar refractivity (Wildman–Crippen MR) is 51.2 cm³/mol. The number of pyridine rings is 1. The van der Waals surface area contributed by atoms with Crippen molar-refractivity contribution < 1.29 is 5.11 Å². The number of aliphatic hydroxyl groups is 1. The van der Waals surface area contributed by atoms with E-state index in [1.807, 2.05) is 12.1 Å². The maximum Gasteiger partial charge on any atom is 0.123 e. The van der Waals surface area contributed by atoms with E-state index in [1.165, 1.54) is 0 Å². The summed E-state index contributed by atoms with van der Waals surface area (Å²) in [6, 6.07) is 3.80. The highest BCUT2D eigenvalue weighted by Gasteiger charge is 2.26. The van der Waals surface area contributed by atoms with Crippen LogP contribution < -0.4 is 5.73 Å². The minimum Gasteiger partial charge on any atom is -0.392 e. The summed E-state index contributed by atoms with van der Waals surface area (Å²) in [6.07, 6.45) is 4.59. The van der Waals surface area contributed by atoms with Gasteiger partial charge in [-0.25, -0.2) is 4.98 Å². The molecule has 1 aliphatic rings. The van der Waals surface area contributed by atoms with Crippen molar-refractivity contribution in [3.8, 4) is 0 Å². The molecule has 3 nitrogen and oxygen atoms in total. The molecule has 2 unspecified atom stereocenters. The van der Waals surface area contributed by atoms with Gasteiger partial charge in [-0.05, 0) is 30.5 Å². The maximum absolute atomic E-state index is 9.67. The van der Waals surface area contributed by atoms with E-state index in [9.17, 15) is 5.11 Å². The number of hydrogen-bond donors (Lipinski definition) is 2. The summed E-state index contributed by atoms with van der Waals surface area (Å²) in [6.45, 7) is 0. The van der Waals surface area contributed by atoms with Crippen LogP contribution in [0.25, 0.3) is 0 Å². The van der Waals surface area contributed by atoms with Gasteiger partial charge >= 0.3 is 0 Å². The number of nitrogen functional groups attached to an aromatic ring is 1. The lowest BCUT2D eigenvalue weighted by molar-refractivity contribution is 0.164. The molecular formula is C10H14N2O. The second-order valence-electron chi connectivity index (χ2n) is 3.62. The highest BCUT2D eigenvalue weighted by atomic mass is 16.3. The van der Waals surface area contributed by atoms with E-state index >= 15 is 0 Å². The van der Waals surface area contributed by atoms with Gasteiger partial charge in [0.2, 0.25) is 0 Å². The molecule has 0 aliphatic heterocycles. The lowest BCUT2D eigenvalue weighted by atomic mass is 9.97. The molecule has 3 N–H and O–H groups in total. The molecule has 2 atom stereocenters. The summed E-state index contributed by atoms with van der Waals surface area (Å²) in [4.78, 5) is 3.93. The summed E-state index contributed by atoms with van der Waals surface area (Å²) >= 11 is 0. The molecule has 0 saturated heterocycles. The second-order valence-corrected chi connectivity index (χ2v) is 3.62. The van der Waals surface area contributed by atoms with Gasteiger partial charge < -0.3 is 10.8 Å². The molecule has 1 aromatic heterocycles. The second kappa shape index (κ2) is 3.34. The average molecular weight is 178 g/mol. The number of anilines is 1. The molecule has 0 amide bonds. The summed E-state index contributed by atoms with van der Waals surface area (Å²) in [7, 11) is 0. The number of aromatic nitrogens is 1. The number of aliphatic hydroxyl groups excluding tert-OH is 1. The highest BCUT2D eigenvalue weighted by molar-refractivity contribution is 5.34. The van der Waals surface area contributed by atoms with Crippen molar-refractivity contribution in [3.05, 3.63) is 23.9 Å². The molecule has 70 valence electrons. The zero-order valence-electron chi connectivity index (χ0n) is 7.48. The Morgan fingerprint density at radius 3 is 2.92 bits per heavy atom. The first kappa shape index (κ1) is 8.51. The zero-order chi connectivity index (χ0) is 9.26. The van der Waals surface area contributed by atoms with Crippen LogP contribution in [0.5, 0.6) is 0 Å². The lowest BCUT2D eigenvalue weighted by Gasteiger charge is -2.14. The summed E-state index contributed by atoms with van der Waals surface area (Å²) in [5, 5.41) is 9.67. The Hall–Kier alpha value is -1.09. The van der Waals surface area contributed by atoms with E-state index in [2.05, 4.69) is 4.98 Å². The first-order chi connectivity index (χ1) is 6.27. The van der Waals surface area contributed by atoms with Gasteiger partial charge in [-0.3, -0.25) is 0 Å². The molecule has 1 fully saturated rings. The SMILES string of the molecule is Nc1cc(C2CCCC2O)ccn1. The third-order valence-electron chi connectivity index (χ3n) is 2.71. The van der Waals surface area contributed by atoms with Gasteiger partial charge in [-0.1, -0.05) is 6.42 Å². The molecular weight excluding hydrogens is 164 g/mol. The van der Waals surface area contributed by atoms with Crippen LogP contribution >= 0.6 is 0 Å². The van der Waals surface area contributed by atoms with Crippen LogP contribution in [0.15, 0.2) is 18.3 Å². The van der Waals surface area contributed by atoms with Crippen molar-refractivity contribution in [1.82, 2.24) is 4.98 Å². The normalized spacial score (nSPS) is 27.8. The smallest absolute Gasteiger partial charge is 0.123 e. The Bertz CT molecular complexity index is 301. The van der Waals surface area contributed by atoms with E-state index in [0.717, 1.165) is 24.8 Å². The van der Waals surface area contributed by atoms with Gasteiger partial charge in [0.05, 0.1) is 6.10 Å². The minimum absolute atomic E-state index is 0.193. The first-order valence-electron chi connectivity index (χ1n) is 4.67. The number of rotatable bonds is 1. The fourth-order valence-corrected chi connectivity index (χ4v) is 2.03. The van der Waals surface area contributed by atoms with Crippen molar-refractivity contribution in [2.45, 2.75) is 31.3 Å². The van der Waals surface area contributed by atoms with Gasteiger partial charge in [0.15, 0.2) is 0 Å². The highest BCUT2D eigenvalue weighted by Crippen LogP contribution is 2.34. The average Bonchev–Trinajstić information content (AvgIpc) is 2.51. The minimum atomic E-state index is -0.193. The molecule has 1 heterocycles. The molecule has 0 spiro atoms. The number of nitrogens with two attached hydrogens (primary N) is 1. The quantitative estimate of drug-likeness (QED) is 0.681. The fourth-order valence-electron chi connectivity index (χ4n) is 2.03. The van der Waals surface area contributed by atoms with Crippen molar-refractivity contribution in [2.75, 3.05) is 5.73 Å². The van der Waals surface area contributed by atoms with Gasteiger partial charge in [0.25, 0.3) is 0 Å². The molecule has 0 bridgehead atoms. The predicted octanol–water partition coefficient (Wildman–Crippen LogP) is 1.29. The van der Waals surface area contributed by atoms with E-state index < -0.39 is 0 Å². The number of nitrogens with zero attached hydrogens (tertiary/aromatic N) is 1. The maximum atomic E-state index is 9.67. The standard InChI is InChI=1S/C10H14N2O/c11-10-6-7(4-5-12-10)8-2-1-3-9(8)13/h4-6,8-9,13H,1-3H2,(H2,11,12). The van der Waals surface area contributed by atoms with E-state index in [1.54, 1.807) is 6.20 Å². The van der Waals surface area contributed by atoms with E-state index in [-0.39, 0.29) is 12.0 Å². The molecule has 13 heavy (non-hydrogen) atoms. The summed E-state index contributed by atoms with van der Waals surface area (Å²) < 4.78 is 0. The Kier molecular flexibility index (Phi) is 2.19. The number of hydrogen-bond acceptors (Lipinski definition) is 3. The van der Waals surface area contributed by atoms with Crippen LogP contribution in [-0.4, -0.2) is 16.2 Å². The van der Waals surface area contributed by atoms with Crippen LogP contribution in [0.3, 0.4) is 0 Å². The van der Waals surface area contributed by atoms with Crippen LogP contribution in [-0.2, 0) is 0 Å². The van der Waals surface area contributed by atoms with Crippen LogP contribution in [0.1, 0.15) is 30.7 Å². The molecule has 0 radical (unpaired) electrons. The third kappa shape index (κ3) is 1.65. The molecule has 2 rings (SSSR count). The van der Waals surface area contributed by atoms with Crippen LogP contribution in [0.4, 0.5) is 5.82 Å². The van der Waals surface area contributed by atoms with Crippen molar-refractivity contribution in [3.63, 3.8) is 0 Å². The largest absolute Gasteiger partial charge is 0.392 e. The molecule has 3 heteroatoms. The monoisotopic (exact) mass is 178 g/mol. The lowest BCUT2D eigenvalue weighted by Crippen LogP contribution is -2.11. The molecule has 0 aromatic carbocycles. The Balaban J connectivity index is 2.24. The van der Waals surface area contributed by atoms with E-state index in [4.69, 9.17) is 5.73 Å². The first-order valence-corrected chi connectivity index (χ1v) is 4.67. The van der Waals surface area contributed by atoms with Crippen molar-refractivity contribution in [2.24, 2.45) is 0 Å².